The Balaban J connectivity index is 1.82. The molecule has 0 spiro atoms. The van der Waals surface area contributed by atoms with Crippen LogP contribution in [0.1, 0.15) is 29.6 Å². The number of thioether (sulfide) groups is 1. The summed E-state index contributed by atoms with van der Waals surface area (Å²) in [6.07, 6.45) is 0. The number of thiazole rings is 1. The van der Waals surface area contributed by atoms with Gasteiger partial charge in [0.05, 0.1) is 11.4 Å². The summed E-state index contributed by atoms with van der Waals surface area (Å²) in [5.41, 5.74) is 4.02. The second-order valence-corrected chi connectivity index (χ2v) is 7.47. The lowest BCUT2D eigenvalue weighted by atomic mass is 10.1. The maximum atomic E-state index is 12.3. The Kier molecular flexibility index (Phi) is 5.19. The Bertz CT molecular complexity index is 902. The highest BCUT2D eigenvalue weighted by atomic mass is 32.2. The third-order valence-electron chi connectivity index (χ3n) is 3.79. The van der Waals surface area contributed by atoms with E-state index >= 15 is 0 Å². The number of anilines is 2. The van der Waals surface area contributed by atoms with Gasteiger partial charge in [0, 0.05) is 18.1 Å². The second kappa shape index (κ2) is 7.37. The van der Waals surface area contributed by atoms with Crippen molar-refractivity contribution in [2.45, 2.75) is 38.6 Å². The molecule has 2 aromatic heterocycles. The zero-order chi connectivity index (χ0) is 18.0. The Morgan fingerprint density at radius 2 is 2.08 bits per heavy atom. The summed E-state index contributed by atoms with van der Waals surface area (Å²) in [5, 5.41) is 10.3. The van der Waals surface area contributed by atoms with E-state index < -0.39 is 0 Å². The van der Waals surface area contributed by atoms with Crippen LogP contribution in [0.4, 0.5) is 10.8 Å². The lowest BCUT2D eigenvalue weighted by molar-refractivity contribution is -0.115. The molecule has 0 bridgehead atoms. The first kappa shape index (κ1) is 17.6. The lowest BCUT2D eigenvalue weighted by Crippen LogP contribution is -2.23. The van der Waals surface area contributed by atoms with Gasteiger partial charge in [0.1, 0.15) is 5.82 Å². The molecule has 8 heteroatoms. The summed E-state index contributed by atoms with van der Waals surface area (Å²) in [5.74, 6) is 1.40. The fourth-order valence-electron chi connectivity index (χ4n) is 2.38. The molecule has 6 nitrogen and oxygen atoms in total. The predicted molar refractivity (Wildman–Crippen MR) is 102 cm³/mol. The highest BCUT2D eigenvalue weighted by Gasteiger charge is 2.20. The number of aromatic nitrogens is 4. The number of hydrogen-bond acceptors (Lipinski definition) is 6. The molecular weight excluding hydrogens is 354 g/mol. The van der Waals surface area contributed by atoms with Crippen molar-refractivity contribution in [3.8, 4) is 0 Å². The smallest absolute Gasteiger partial charge is 0.230 e. The molecule has 2 heterocycles. The molecule has 3 aromatic rings. The van der Waals surface area contributed by atoms with Crippen LogP contribution in [-0.2, 0) is 10.5 Å². The van der Waals surface area contributed by atoms with Gasteiger partial charge in [-0.15, -0.1) is 16.4 Å². The van der Waals surface area contributed by atoms with Crippen LogP contribution in [0.5, 0.6) is 0 Å². The van der Waals surface area contributed by atoms with Gasteiger partial charge < -0.3 is 0 Å². The molecule has 0 aliphatic heterocycles. The van der Waals surface area contributed by atoms with Gasteiger partial charge in [0.15, 0.2) is 5.13 Å². The molecule has 1 N–H and O–H groups in total. The topological polar surface area (TPSA) is 74.8 Å². The van der Waals surface area contributed by atoms with Crippen molar-refractivity contribution in [3.05, 3.63) is 46.2 Å². The summed E-state index contributed by atoms with van der Waals surface area (Å²) in [4.78, 5) is 22.9. The zero-order valence-electron chi connectivity index (χ0n) is 14.5. The molecule has 0 aliphatic carbocycles. The van der Waals surface area contributed by atoms with E-state index in [4.69, 9.17) is 0 Å². The number of nitrogens with one attached hydrogen (secondary N) is 1. The van der Waals surface area contributed by atoms with Crippen LogP contribution in [0.2, 0.25) is 0 Å². The van der Waals surface area contributed by atoms with Crippen LogP contribution in [-0.4, -0.2) is 26.1 Å². The van der Waals surface area contributed by atoms with Crippen LogP contribution >= 0.6 is 23.1 Å². The van der Waals surface area contributed by atoms with Crippen LogP contribution in [0, 0.1) is 20.8 Å². The van der Waals surface area contributed by atoms with Crippen molar-refractivity contribution in [2.24, 2.45) is 0 Å². The lowest BCUT2D eigenvalue weighted by Gasteiger charge is -2.21. The van der Waals surface area contributed by atoms with E-state index in [1.54, 1.807) is 11.8 Å². The van der Waals surface area contributed by atoms with Crippen LogP contribution < -0.4 is 4.90 Å². The summed E-state index contributed by atoms with van der Waals surface area (Å²) in [7, 11) is 0. The van der Waals surface area contributed by atoms with Crippen molar-refractivity contribution in [2.75, 3.05) is 4.90 Å². The maximum Gasteiger partial charge on any atom is 0.230 e. The van der Waals surface area contributed by atoms with Gasteiger partial charge in [-0.25, -0.2) is 9.97 Å². The molecular formula is C17H19N5OS2. The number of amides is 1. The van der Waals surface area contributed by atoms with Gasteiger partial charge in [0.2, 0.25) is 11.1 Å². The molecule has 0 atom stereocenters. The number of benzene rings is 1. The first-order valence-electron chi connectivity index (χ1n) is 7.79. The Morgan fingerprint density at radius 3 is 2.76 bits per heavy atom. The summed E-state index contributed by atoms with van der Waals surface area (Å²) in [6, 6.07) is 5.96. The second-order valence-electron chi connectivity index (χ2n) is 5.69. The van der Waals surface area contributed by atoms with E-state index in [0.29, 0.717) is 16.0 Å². The third-order valence-corrected chi connectivity index (χ3v) is 5.54. The van der Waals surface area contributed by atoms with Gasteiger partial charge in [0.25, 0.3) is 0 Å². The molecule has 1 amide bonds. The monoisotopic (exact) mass is 373 g/mol. The number of aryl methyl sites for hydroxylation is 2. The van der Waals surface area contributed by atoms with Gasteiger partial charge >= 0.3 is 0 Å². The van der Waals surface area contributed by atoms with E-state index in [9.17, 15) is 4.79 Å². The van der Waals surface area contributed by atoms with E-state index in [1.807, 2.05) is 44.4 Å². The van der Waals surface area contributed by atoms with Gasteiger partial charge in [-0.1, -0.05) is 23.9 Å². The van der Waals surface area contributed by atoms with Gasteiger partial charge in [-0.3, -0.25) is 14.8 Å². The molecule has 1 aromatic carbocycles. The molecule has 0 aliphatic rings. The van der Waals surface area contributed by atoms with E-state index in [0.717, 1.165) is 28.3 Å². The summed E-state index contributed by atoms with van der Waals surface area (Å²) < 4.78 is 0. The van der Waals surface area contributed by atoms with Crippen molar-refractivity contribution >= 4 is 39.8 Å². The Labute approximate surface area is 154 Å². The van der Waals surface area contributed by atoms with Crippen molar-refractivity contribution in [1.82, 2.24) is 20.2 Å². The van der Waals surface area contributed by atoms with Crippen LogP contribution in [0.3, 0.4) is 0 Å². The van der Waals surface area contributed by atoms with E-state index in [1.165, 1.54) is 23.1 Å². The normalized spacial score (nSPS) is 10.9. The van der Waals surface area contributed by atoms with Crippen molar-refractivity contribution in [1.29, 1.82) is 0 Å². The van der Waals surface area contributed by atoms with Crippen molar-refractivity contribution in [3.63, 3.8) is 0 Å². The fourth-order valence-corrected chi connectivity index (χ4v) is 4.10. The number of carbonyl (C=O) groups excluding carboxylic acids is 1. The average Bonchev–Trinajstić information content (AvgIpc) is 3.18. The van der Waals surface area contributed by atoms with Gasteiger partial charge in [-0.2, -0.15) is 0 Å². The minimum Gasteiger partial charge on any atom is -0.274 e. The molecule has 0 fully saturated rings. The molecule has 130 valence electrons. The first-order valence-corrected chi connectivity index (χ1v) is 9.65. The van der Waals surface area contributed by atoms with Crippen LogP contribution in [0.25, 0.3) is 0 Å². The SMILES string of the molecule is CC(=O)N(c1nc(CSc2n[nH]c(C)n2)cs1)c1cccc(C)c1C. The highest BCUT2D eigenvalue weighted by molar-refractivity contribution is 7.98. The van der Waals surface area contributed by atoms with Gasteiger partial charge in [-0.05, 0) is 38.0 Å². The van der Waals surface area contributed by atoms with Crippen molar-refractivity contribution < 1.29 is 4.79 Å². The minimum absolute atomic E-state index is 0.0492. The number of nitrogens with zero attached hydrogens (tertiary/aromatic N) is 4. The molecule has 0 radical (unpaired) electrons. The fraction of sp³-hybridized carbons (Fsp3) is 0.294. The minimum atomic E-state index is -0.0492. The maximum absolute atomic E-state index is 12.3. The third kappa shape index (κ3) is 3.91. The molecule has 0 saturated carbocycles. The summed E-state index contributed by atoms with van der Waals surface area (Å²) in [6.45, 7) is 7.50. The first-order chi connectivity index (χ1) is 12.0. The highest BCUT2D eigenvalue weighted by Crippen LogP contribution is 2.33. The Hall–Kier alpha value is -2.19. The number of H-pyrrole nitrogens is 1. The average molecular weight is 374 g/mol. The number of rotatable bonds is 5. The molecule has 0 saturated heterocycles. The van der Waals surface area contributed by atoms with E-state index in [-0.39, 0.29) is 5.91 Å². The number of aromatic amines is 1. The quantitative estimate of drug-likeness (QED) is 0.680. The summed E-state index contributed by atoms with van der Waals surface area (Å²) >= 11 is 2.98. The standard InChI is InChI=1S/C17H19N5OS2/c1-10-6-5-7-15(11(10)2)22(13(4)23)17-19-14(9-25-17)8-24-16-18-12(3)20-21-16/h5-7,9H,8H2,1-4H3,(H,18,20,21). The molecule has 0 unspecified atom stereocenters. The Morgan fingerprint density at radius 1 is 1.28 bits per heavy atom. The zero-order valence-corrected chi connectivity index (χ0v) is 16.2. The number of carbonyl (C=O) groups is 1. The van der Waals surface area contributed by atoms with Crippen LogP contribution in [0.15, 0.2) is 28.7 Å². The molecule has 25 heavy (non-hydrogen) atoms. The predicted octanol–water partition coefficient (Wildman–Crippen LogP) is 4.16. The number of hydrogen-bond donors (Lipinski definition) is 1. The van der Waals surface area contributed by atoms with E-state index in [2.05, 4.69) is 20.2 Å². The largest absolute Gasteiger partial charge is 0.274 e. The molecule has 3 rings (SSSR count).